The number of hydrogen-bond acceptors (Lipinski definition) is 4. The van der Waals surface area contributed by atoms with Crippen LogP contribution in [0, 0.1) is 11.3 Å². The number of benzene rings is 3. The monoisotopic (exact) mass is 439 g/mol. The largest absolute Gasteiger partial charge is 0.484 e. The van der Waals surface area contributed by atoms with Crippen molar-refractivity contribution in [2.45, 2.75) is 6.18 Å². The van der Waals surface area contributed by atoms with E-state index in [1.54, 1.807) is 36.4 Å². The molecule has 3 aromatic rings. The van der Waals surface area contributed by atoms with Crippen LogP contribution in [0.4, 0.5) is 13.2 Å². The van der Waals surface area contributed by atoms with Gasteiger partial charge in [0.15, 0.2) is 6.61 Å². The Bertz CT molecular complexity index is 1130. The van der Waals surface area contributed by atoms with Gasteiger partial charge >= 0.3 is 6.18 Å². The molecule has 0 aliphatic rings. The van der Waals surface area contributed by atoms with Crippen LogP contribution in [0.3, 0.4) is 0 Å². The van der Waals surface area contributed by atoms with Crippen molar-refractivity contribution in [2.75, 3.05) is 6.61 Å². The topological polar surface area (TPSA) is 91.2 Å². The van der Waals surface area contributed by atoms with Crippen LogP contribution in [0.1, 0.15) is 21.5 Å². The Kier molecular flexibility index (Phi) is 6.75. The quantitative estimate of drug-likeness (QED) is 0.586. The van der Waals surface area contributed by atoms with E-state index < -0.39 is 23.6 Å². The molecule has 0 saturated carbocycles. The summed E-state index contributed by atoms with van der Waals surface area (Å²) in [4.78, 5) is 23.8. The Labute approximate surface area is 181 Å². The van der Waals surface area contributed by atoms with Crippen LogP contribution >= 0.6 is 0 Å². The van der Waals surface area contributed by atoms with Crippen molar-refractivity contribution < 1.29 is 27.5 Å². The lowest BCUT2D eigenvalue weighted by molar-refractivity contribution is -0.137. The van der Waals surface area contributed by atoms with Crippen molar-refractivity contribution >= 4 is 11.8 Å². The van der Waals surface area contributed by atoms with E-state index in [4.69, 9.17) is 10.00 Å². The summed E-state index contributed by atoms with van der Waals surface area (Å²) in [6.45, 7) is -0.385. The van der Waals surface area contributed by atoms with E-state index in [0.717, 1.165) is 35.4 Å². The molecule has 0 aliphatic heterocycles. The first-order valence-electron chi connectivity index (χ1n) is 9.26. The van der Waals surface area contributed by atoms with Gasteiger partial charge in [-0.3, -0.25) is 20.4 Å². The third-order valence-electron chi connectivity index (χ3n) is 4.36. The van der Waals surface area contributed by atoms with Crippen molar-refractivity contribution in [2.24, 2.45) is 0 Å². The molecule has 3 rings (SSSR count). The highest BCUT2D eigenvalue weighted by molar-refractivity contribution is 5.95. The minimum Gasteiger partial charge on any atom is -0.484 e. The number of halogens is 3. The van der Waals surface area contributed by atoms with E-state index in [1.165, 1.54) is 0 Å². The van der Waals surface area contributed by atoms with Gasteiger partial charge in [-0.05, 0) is 59.7 Å². The van der Waals surface area contributed by atoms with Gasteiger partial charge in [-0.2, -0.15) is 18.4 Å². The van der Waals surface area contributed by atoms with E-state index in [-0.39, 0.29) is 12.2 Å². The van der Waals surface area contributed by atoms with Crippen LogP contribution in [0.5, 0.6) is 5.75 Å². The number of hydrazine groups is 1. The van der Waals surface area contributed by atoms with Crippen molar-refractivity contribution in [3.05, 3.63) is 89.5 Å². The molecule has 32 heavy (non-hydrogen) atoms. The lowest BCUT2D eigenvalue weighted by Gasteiger charge is -2.10. The molecule has 0 aromatic heterocycles. The van der Waals surface area contributed by atoms with Crippen LogP contribution in [-0.2, 0) is 11.0 Å². The number of alkyl halides is 3. The predicted octanol–water partition coefficient (Wildman–Crippen LogP) is 4.08. The first-order chi connectivity index (χ1) is 15.3. The van der Waals surface area contributed by atoms with E-state index in [9.17, 15) is 22.8 Å². The van der Waals surface area contributed by atoms with E-state index in [1.807, 2.05) is 12.1 Å². The van der Waals surface area contributed by atoms with Gasteiger partial charge in [-0.25, -0.2) is 0 Å². The smallest absolute Gasteiger partial charge is 0.416 e. The van der Waals surface area contributed by atoms with E-state index >= 15 is 0 Å². The second-order valence-electron chi connectivity index (χ2n) is 6.58. The average Bonchev–Trinajstić information content (AvgIpc) is 2.81. The maximum absolute atomic E-state index is 12.6. The molecule has 0 bridgehead atoms. The van der Waals surface area contributed by atoms with Gasteiger partial charge in [-0.15, -0.1) is 0 Å². The fourth-order valence-electron chi connectivity index (χ4n) is 2.68. The minimum atomic E-state index is -4.50. The summed E-state index contributed by atoms with van der Waals surface area (Å²) in [5.41, 5.74) is 5.70. The molecule has 0 radical (unpaired) electrons. The number of ether oxygens (including phenoxy) is 1. The van der Waals surface area contributed by atoms with E-state index in [0.29, 0.717) is 11.3 Å². The molecular formula is C23H16F3N3O3. The Hall–Kier alpha value is -4.32. The number of nitrogens with zero attached hydrogens (tertiary/aromatic N) is 1. The number of nitriles is 1. The molecule has 0 heterocycles. The first-order valence-corrected chi connectivity index (χ1v) is 9.26. The van der Waals surface area contributed by atoms with Crippen molar-refractivity contribution in [3.8, 4) is 22.9 Å². The van der Waals surface area contributed by atoms with Gasteiger partial charge in [0, 0.05) is 5.56 Å². The normalized spacial score (nSPS) is 10.7. The first kappa shape index (κ1) is 22.4. The fraction of sp³-hybridized carbons (Fsp3) is 0.0870. The summed E-state index contributed by atoms with van der Waals surface area (Å²) >= 11 is 0. The predicted molar refractivity (Wildman–Crippen MR) is 109 cm³/mol. The second kappa shape index (κ2) is 9.66. The molecule has 0 unspecified atom stereocenters. The molecular weight excluding hydrogens is 423 g/mol. The van der Waals surface area contributed by atoms with Crippen LogP contribution in [0.15, 0.2) is 72.8 Å². The molecule has 2 amide bonds. The highest BCUT2D eigenvalue weighted by Gasteiger charge is 2.30. The van der Waals surface area contributed by atoms with E-state index in [2.05, 4.69) is 16.9 Å². The SMILES string of the molecule is N#Cc1ccc(-c2ccc(OCC(=O)NNC(=O)c3ccc(C(F)(F)F)cc3)cc2)cc1. The number of carbonyl (C=O) groups is 2. The summed E-state index contributed by atoms with van der Waals surface area (Å²) in [6.07, 6.45) is -4.50. The zero-order valence-corrected chi connectivity index (χ0v) is 16.4. The molecule has 0 spiro atoms. The van der Waals surface area contributed by atoms with Crippen molar-refractivity contribution in [1.29, 1.82) is 5.26 Å². The number of rotatable bonds is 5. The van der Waals surface area contributed by atoms with Crippen LogP contribution in [-0.4, -0.2) is 18.4 Å². The number of nitrogens with one attached hydrogen (secondary N) is 2. The third-order valence-corrected chi connectivity index (χ3v) is 4.36. The standard InChI is InChI=1S/C23H16F3N3O3/c24-23(25,26)19-9-5-18(6-10-19)22(31)29-28-21(30)14-32-20-11-7-17(8-12-20)16-3-1-15(13-27)2-4-16/h1-12H,14H2,(H,28,30)(H,29,31). The van der Waals surface area contributed by atoms with Gasteiger partial charge in [-0.1, -0.05) is 24.3 Å². The Morgan fingerprint density at radius 2 is 1.41 bits per heavy atom. The lowest BCUT2D eigenvalue weighted by atomic mass is 10.0. The van der Waals surface area contributed by atoms with Gasteiger partial charge in [0.25, 0.3) is 11.8 Å². The zero-order valence-electron chi connectivity index (χ0n) is 16.4. The number of amides is 2. The van der Waals surface area contributed by atoms with Gasteiger partial charge in [0.05, 0.1) is 17.2 Å². The van der Waals surface area contributed by atoms with Gasteiger partial charge < -0.3 is 4.74 Å². The van der Waals surface area contributed by atoms with Gasteiger partial charge in [0.1, 0.15) is 5.75 Å². The Balaban J connectivity index is 1.47. The number of carbonyl (C=O) groups excluding carboxylic acids is 2. The molecule has 0 saturated heterocycles. The Morgan fingerprint density at radius 1 is 0.844 bits per heavy atom. The van der Waals surface area contributed by atoms with Crippen LogP contribution < -0.4 is 15.6 Å². The highest BCUT2D eigenvalue weighted by atomic mass is 19.4. The Morgan fingerprint density at radius 3 is 1.94 bits per heavy atom. The molecule has 3 aromatic carbocycles. The average molecular weight is 439 g/mol. The summed E-state index contributed by atoms with van der Waals surface area (Å²) < 4.78 is 43.0. The fourth-order valence-corrected chi connectivity index (χ4v) is 2.68. The van der Waals surface area contributed by atoms with Gasteiger partial charge in [0.2, 0.25) is 0 Å². The maximum atomic E-state index is 12.6. The third kappa shape index (κ3) is 5.86. The molecule has 2 N–H and O–H groups in total. The van der Waals surface area contributed by atoms with Crippen LogP contribution in [0.25, 0.3) is 11.1 Å². The van der Waals surface area contributed by atoms with Crippen molar-refractivity contribution in [1.82, 2.24) is 10.9 Å². The molecule has 6 nitrogen and oxygen atoms in total. The second-order valence-corrected chi connectivity index (χ2v) is 6.58. The summed E-state index contributed by atoms with van der Waals surface area (Å²) in [6, 6.07) is 19.6. The number of hydrogen-bond donors (Lipinski definition) is 2. The molecule has 0 aliphatic carbocycles. The lowest BCUT2D eigenvalue weighted by Crippen LogP contribution is -2.43. The molecule has 9 heteroatoms. The molecule has 162 valence electrons. The summed E-state index contributed by atoms with van der Waals surface area (Å²) in [7, 11) is 0. The molecule has 0 fully saturated rings. The highest BCUT2D eigenvalue weighted by Crippen LogP contribution is 2.29. The van der Waals surface area contributed by atoms with Crippen LogP contribution in [0.2, 0.25) is 0 Å². The maximum Gasteiger partial charge on any atom is 0.416 e. The summed E-state index contributed by atoms with van der Waals surface area (Å²) in [5, 5.41) is 8.84. The minimum absolute atomic E-state index is 0.0439. The van der Waals surface area contributed by atoms with Crippen molar-refractivity contribution in [3.63, 3.8) is 0 Å². The summed E-state index contributed by atoms with van der Waals surface area (Å²) in [5.74, 6) is -0.994. The molecule has 0 atom stereocenters. The zero-order chi connectivity index (χ0) is 23.1.